The van der Waals surface area contributed by atoms with E-state index in [0.717, 1.165) is 51.9 Å². The Morgan fingerprint density at radius 3 is 2.31 bits per heavy atom. The van der Waals surface area contributed by atoms with Gasteiger partial charge in [0, 0.05) is 28.9 Å². The first-order valence-corrected chi connectivity index (χ1v) is 10.7. The number of ether oxygens (including phenoxy) is 1. The van der Waals surface area contributed by atoms with E-state index in [-0.39, 0.29) is 0 Å². The van der Waals surface area contributed by atoms with Crippen LogP contribution < -0.4 is 4.74 Å². The normalized spacial score (nSPS) is 14.7. The number of piperidine rings is 1. The first-order valence-electron chi connectivity index (χ1n) is 10.4. The molecule has 0 bridgehead atoms. The van der Waals surface area contributed by atoms with Gasteiger partial charge in [-0.15, -0.1) is 0 Å². The zero-order valence-electron chi connectivity index (χ0n) is 16.9. The van der Waals surface area contributed by atoms with Crippen LogP contribution in [-0.4, -0.2) is 36.1 Å². The second kappa shape index (κ2) is 9.43. The second-order valence-electron chi connectivity index (χ2n) is 7.67. The van der Waals surface area contributed by atoms with Gasteiger partial charge >= 0.3 is 0 Å². The molecule has 1 aliphatic rings. The van der Waals surface area contributed by atoms with Crippen LogP contribution in [0.15, 0.2) is 60.8 Å². The van der Waals surface area contributed by atoms with Crippen molar-refractivity contribution in [1.29, 1.82) is 0 Å². The maximum atomic E-state index is 6.04. The number of aromatic nitrogens is 1. The summed E-state index contributed by atoms with van der Waals surface area (Å²) in [7, 11) is 0. The molecule has 4 heteroatoms. The van der Waals surface area contributed by atoms with E-state index in [9.17, 15) is 0 Å². The van der Waals surface area contributed by atoms with Crippen molar-refractivity contribution in [1.82, 2.24) is 9.88 Å². The third kappa shape index (κ3) is 5.17. The van der Waals surface area contributed by atoms with Crippen LogP contribution in [0.1, 0.15) is 24.8 Å². The lowest BCUT2D eigenvalue weighted by Gasteiger charge is -2.26. The van der Waals surface area contributed by atoms with Gasteiger partial charge in [-0.2, -0.15) is 0 Å². The average Bonchev–Trinajstić information content (AvgIpc) is 2.76. The van der Waals surface area contributed by atoms with E-state index in [1.54, 1.807) is 0 Å². The smallest absolute Gasteiger partial charge is 0.122 e. The van der Waals surface area contributed by atoms with Gasteiger partial charge in [0.2, 0.25) is 0 Å². The highest BCUT2D eigenvalue weighted by Gasteiger charge is 2.10. The Morgan fingerprint density at radius 2 is 1.62 bits per heavy atom. The fraction of sp³-hybridized carbons (Fsp3) is 0.320. The molecule has 0 atom stereocenters. The van der Waals surface area contributed by atoms with Crippen LogP contribution in [0.5, 0.6) is 5.75 Å². The number of hydrogen-bond donors (Lipinski definition) is 0. The van der Waals surface area contributed by atoms with Crippen LogP contribution in [0.4, 0.5) is 0 Å². The van der Waals surface area contributed by atoms with Gasteiger partial charge in [-0.3, -0.25) is 9.88 Å². The average molecular weight is 407 g/mol. The molecule has 3 nitrogen and oxygen atoms in total. The van der Waals surface area contributed by atoms with Crippen LogP contribution in [0.3, 0.4) is 0 Å². The molecular formula is C25H27ClN2O. The molecule has 0 N–H and O–H groups in total. The molecule has 2 aromatic carbocycles. The van der Waals surface area contributed by atoms with Crippen LogP contribution in [0.2, 0.25) is 5.02 Å². The maximum absolute atomic E-state index is 6.04. The SMILES string of the molecule is Cc1cc(-c2ccc(-c3ccc(Cl)cc3)cn2)ccc1OCCN1CCCCC1. The monoisotopic (exact) mass is 406 g/mol. The van der Waals surface area contributed by atoms with Crippen LogP contribution in [0.25, 0.3) is 22.4 Å². The van der Waals surface area contributed by atoms with Crippen molar-refractivity contribution in [3.8, 4) is 28.1 Å². The van der Waals surface area contributed by atoms with Crippen molar-refractivity contribution >= 4 is 11.6 Å². The third-order valence-corrected chi connectivity index (χ3v) is 5.78. The Hall–Kier alpha value is -2.36. The summed E-state index contributed by atoms with van der Waals surface area (Å²) in [5.74, 6) is 0.962. The molecule has 0 spiro atoms. The van der Waals surface area contributed by atoms with E-state index in [2.05, 4.69) is 47.1 Å². The standard InChI is InChI=1S/C25H27ClN2O/c1-19-17-21(8-12-25(19)29-16-15-28-13-3-2-4-14-28)24-11-7-22(18-27-24)20-5-9-23(26)10-6-20/h5-12,17-18H,2-4,13-16H2,1H3. The van der Waals surface area contributed by atoms with E-state index in [1.165, 1.54) is 32.4 Å². The summed E-state index contributed by atoms with van der Waals surface area (Å²) >= 11 is 5.97. The van der Waals surface area contributed by atoms with E-state index < -0.39 is 0 Å². The lowest BCUT2D eigenvalue weighted by Crippen LogP contribution is -2.33. The largest absolute Gasteiger partial charge is 0.492 e. The first kappa shape index (κ1) is 19.9. The van der Waals surface area contributed by atoms with E-state index in [1.807, 2.05) is 30.5 Å². The number of halogens is 1. The summed E-state index contributed by atoms with van der Waals surface area (Å²) < 4.78 is 6.04. The van der Waals surface area contributed by atoms with Gasteiger partial charge in [0.25, 0.3) is 0 Å². The number of benzene rings is 2. The minimum atomic E-state index is 0.743. The van der Waals surface area contributed by atoms with Crippen molar-refractivity contribution in [2.24, 2.45) is 0 Å². The minimum Gasteiger partial charge on any atom is -0.492 e. The Labute approximate surface area is 178 Å². The van der Waals surface area contributed by atoms with E-state index in [4.69, 9.17) is 16.3 Å². The molecule has 3 aromatic rings. The number of hydrogen-bond acceptors (Lipinski definition) is 3. The van der Waals surface area contributed by atoms with Crippen LogP contribution in [-0.2, 0) is 0 Å². The maximum Gasteiger partial charge on any atom is 0.122 e. The Bertz CT molecular complexity index is 932. The van der Waals surface area contributed by atoms with Crippen molar-refractivity contribution in [3.63, 3.8) is 0 Å². The zero-order chi connectivity index (χ0) is 20.1. The molecule has 2 heterocycles. The van der Waals surface area contributed by atoms with Crippen molar-refractivity contribution in [3.05, 3.63) is 71.4 Å². The molecular weight excluding hydrogens is 380 g/mol. The molecule has 1 fully saturated rings. The van der Waals surface area contributed by atoms with E-state index in [0.29, 0.717) is 0 Å². The van der Waals surface area contributed by atoms with Gasteiger partial charge in [-0.1, -0.05) is 36.2 Å². The lowest BCUT2D eigenvalue weighted by molar-refractivity contribution is 0.183. The number of rotatable bonds is 6. The summed E-state index contributed by atoms with van der Waals surface area (Å²) in [6.07, 6.45) is 5.92. The molecule has 4 rings (SSSR count). The highest BCUT2D eigenvalue weighted by molar-refractivity contribution is 6.30. The third-order valence-electron chi connectivity index (χ3n) is 5.53. The molecule has 29 heavy (non-hydrogen) atoms. The topological polar surface area (TPSA) is 25.4 Å². The number of aryl methyl sites for hydroxylation is 1. The summed E-state index contributed by atoms with van der Waals surface area (Å²) in [6, 6.07) is 18.3. The molecule has 0 radical (unpaired) electrons. The van der Waals surface area contributed by atoms with E-state index >= 15 is 0 Å². The van der Waals surface area contributed by atoms with Gasteiger partial charge < -0.3 is 4.74 Å². The second-order valence-corrected chi connectivity index (χ2v) is 8.11. The van der Waals surface area contributed by atoms with Gasteiger partial charge in [0.05, 0.1) is 5.69 Å². The summed E-state index contributed by atoms with van der Waals surface area (Å²) in [5, 5.41) is 0.743. The predicted molar refractivity (Wildman–Crippen MR) is 121 cm³/mol. The van der Waals surface area contributed by atoms with Crippen LogP contribution in [0, 0.1) is 6.92 Å². The Balaban J connectivity index is 1.39. The quantitative estimate of drug-likeness (QED) is 0.484. The van der Waals surface area contributed by atoms with Gasteiger partial charge in [0.1, 0.15) is 12.4 Å². The molecule has 0 saturated carbocycles. The highest BCUT2D eigenvalue weighted by atomic mass is 35.5. The molecule has 0 unspecified atom stereocenters. The van der Waals surface area contributed by atoms with Crippen LogP contribution >= 0.6 is 11.6 Å². The van der Waals surface area contributed by atoms with Gasteiger partial charge in [-0.05, 0) is 80.4 Å². The first-order chi connectivity index (χ1) is 14.2. The number of pyridine rings is 1. The van der Waals surface area contributed by atoms with Crippen molar-refractivity contribution < 1.29 is 4.74 Å². The lowest BCUT2D eigenvalue weighted by atomic mass is 10.0. The highest BCUT2D eigenvalue weighted by Crippen LogP contribution is 2.27. The number of nitrogens with zero attached hydrogens (tertiary/aromatic N) is 2. The fourth-order valence-corrected chi connectivity index (χ4v) is 3.94. The zero-order valence-corrected chi connectivity index (χ0v) is 17.7. The molecule has 1 aliphatic heterocycles. The van der Waals surface area contributed by atoms with Gasteiger partial charge in [0.15, 0.2) is 0 Å². The Kier molecular flexibility index (Phi) is 6.48. The van der Waals surface area contributed by atoms with Crippen molar-refractivity contribution in [2.75, 3.05) is 26.2 Å². The molecule has 0 aliphatic carbocycles. The molecule has 150 valence electrons. The Morgan fingerprint density at radius 1 is 0.897 bits per heavy atom. The fourth-order valence-electron chi connectivity index (χ4n) is 3.82. The molecule has 1 saturated heterocycles. The molecule has 0 amide bonds. The summed E-state index contributed by atoms with van der Waals surface area (Å²) in [5.41, 5.74) is 5.41. The number of likely N-dealkylation sites (tertiary alicyclic amines) is 1. The van der Waals surface area contributed by atoms with Crippen molar-refractivity contribution in [2.45, 2.75) is 26.2 Å². The van der Waals surface area contributed by atoms with Gasteiger partial charge in [-0.25, -0.2) is 0 Å². The summed E-state index contributed by atoms with van der Waals surface area (Å²) in [4.78, 5) is 7.16. The molecule has 1 aromatic heterocycles. The predicted octanol–water partition coefficient (Wildman–Crippen LogP) is 6.24. The minimum absolute atomic E-state index is 0.743. The summed E-state index contributed by atoms with van der Waals surface area (Å²) in [6.45, 7) is 6.27.